The zero-order chi connectivity index (χ0) is 22.0. The molecular formula is C21H21ClN8O. The highest BCUT2D eigenvalue weighted by Crippen LogP contribution is 2.31. The van der Waals surface area contributed by atoms with Crippen molar-refractivity contribution in [2.24, 2.45) is 0 Å². The van der Waals surface area contributed by atoms with Crippen molar-refractivity contribution in [1.82, 2.24) is 20.3 Å². The third-order valence-electron chi connectivity index (χ3n) is 5.18. The Hall–Kier alpha value is -3.64. The zero-order valence-corrected chi connectivity index (χ0v) is 17.6. The minimum absolute atomic E-state index is 0.0500. The summed E-state index contributed by atoms with van der Waals surface area (Å²) in [5.41, 5.74) is 7.60. The normalized spacial score (nSPS) is 16.5. The van der Waals surface area contributed by atoms with Gasteiger partial charge in [-0.3, -0.25) is 4.79 Å². The van der Waals surface area contributed by atoms with Crippen molar-refractivity contribution in [2.75, 3.05) is 22.9 Å². The number of nitriles is 1. The molecule has 5 N–H and O–H groups in total. The Morgan fingerprint density at radius 2 is 2.26 bits per heavy atom. The molecule has 1 saturated heterocycles. The van der Waals surface area contributed by atoms with Crippen LogP contribution in [0.25, 0.3) is 10.9 Å². The van der Waals surface area contributed by atoms with Crippen LogP contribution >= 0.6 is 11.6 Å². The molecule has 31 heavy (non-hydrogen) atoms. The van der Waals surface area contributed by atoms with Crippen molar-refractivity contribution in [2.45, 2.75) is 31.8 Å². The first-order valence-corrected chi connectivity index (χ1v) is 10.2. The molecule has 2 atom stereocenters. The second kappa shape index (κ2) is 8.62. The highest BCUT2D eigenvalue weighted by atomic mass is 35.5. The maximum Gasteiger partial charge on any atom is 0.225 e. The van der Waals surface area contributed by atoms with E-state index in [0.29, 0.717) is 35.3 Å². The van der Waals surface area contributed by atoms with Crippen LogP contribution in [0.2, 0.25) is 5.02 Å². The number of rotatable bonds is 6. The second-order valence-corrected chi connectivity index (χ2v) is 7.80. The average molecular weight is 437 g/mol. The van der Waals surface area contributed by atoms with Gasteiger partial charge in [0, 0.05) is 30.0 Å². The minimum atomic E-state index is -0.233. The van der Waals surface area contributed by atoms with Gasteiger partial charge in [0.2, 0.25) is 11.9 Å². The number of hydrogen-bond acceptors (Lipinski definition) is 8. The summed E-state index contributed by atoms with van der Waals surface area (Å²) in [7, 11) is 0. The lowest BCUT2D eigenvalue weighted by Crippen LogP contribution is -2.32. The molecule has 3 heterocycles. The van der Waals surface area contributed by atoms with E-state index in [2.05, 4.69) is 25.9 Å². The predicted molar refractivity (Wildman–Crippen MR) is 120 cm³/mol. The molecule has 1 aliphatic heterocycles. The van der Waals surface area contributed by atoms with Crippen LogP contribution in [-0.4, -0.2) is 33.4 Å². The van der Waals surface area contributed by atoms with E-state index in [-0.39, 0.29) is 29.4 Å². The number of anilines is 3. The zero-order valence-electron chi connectivity index (χ0n) is 16.8. The van der Waals surface area contributed by atoms with Crippen molar-refractivity contribution >= 4 is 46.0 Å². The third kappa shape index (κ3) is 4.44. The van der Waals surface area contributed by atoms with Gasteiger partial charge in [-0.05, 0) is 25.5 Å². The van der Waals surface area contributed by atoms with Gasteiger partial charge in [0.15, 0.2) is 0 Å². The number of amides is 1. The van der Waals surface area contributed by atoms with Gasteiger partial charge in [-0.1, -0.05) is 23.7 Å². The maximum atomic E-state index is 11.5. The number of halogens is 1. The Morgan fingerprint density at radius 3 is 2.97 bits per heavy atom. The molecule has 0 spiro atoms. The largest absolute Gasteiger partial charge is 0.382 e. The van der Waals surface area contributed by atoms with E-state index in [4.69, 9.17) is 27.6 Å². The molecule has 0 radical (unpaired) electrons. The lowest BCUT2D eigenvalue weighted by atomic mass is 10.1. The summed E-state index contributed by atoms with van der Waals surface area (Å²) in [6.45, 7) is 2.50. The number of carbonyl (C=O) groups excluding carboxylic acids is 1. The summed E-state index contributed by atoms with van der Waals surface area (Å²) in [6.07, 6.45) is 2.70. The summed E-state index contributed by atoms with van der Waals surface area (Å²) >= 11 is 6.36. The van der Waals surface area contributed by atoms with E-state index in [1.807, 2.05) is 31.2 Å². The standard InChI is InChI=1S/C21H21ClN8O/c1-11(27-21-26-9-13(8-23)19(24)30-21)15-7-12-3-2-4-16(22)18(12)29-20(15)25-10-14-5-6-17(31)28-14/h2-4,7,9,11,14H,5-6,10H2,1H3,(H,25,29)(H,28,31)(H3,24,26,27,30)/t11-,14?/m0/s1. The smallest absolute Gasteiger partial charge is 0.225 e. The lowest BCUT2D eigenvalue weighted by Gasteiger charge is -2.21. The summed E-state index contributed by atoms with van der Waals surface area (Å²) in [5.74, 6) is 1.14. The van der Waals surface area contributed by atoms with Crippen molar-refractivity contribution in [3.63, 3.8) is 0 Å². The highest BCUT2D eigenvalue weighted by Gasteiger charge is 2.22. The molecule has 9 nitrogen and oxygen atoms in total. The number of aromatic nitrogens is 3. The molecule has 2 aromatic heterocycles. The van der Waals surface area contributed by atoms with Gasteiger partial charge < -0.3 is 21.7 Å². The lowest BCUT2D eigenvalue weighted by molar-refractivity contribution is -0.119. The first kappa shape index (κ1) is 20.6. The summed E-state index contributed by atoms with van der Waals surface area (Å²) in [4.78, 5) is 24.6. The fraction of sp³-hybridized carbons (Fsp3) is 0.286. The summed E-state index contributed by atoms with van der Waals surface area (Å²) in [5, 5.41) is 20.0. The van der Waals surface area contributed by atoms with Crippen LogP contribution in [0.3, 0.4) is 0 Å². The molecule has 0 saturated carbocycles. The van der Waals surface area contributed by atoms with Crippen LogP contribution in [0.4, 0.5) is 17.6 Å². The number of nitrogens with zero attached hydrogens (tertiary/aromatic N) is 4. The Kier molecular flexibility index (Phi) is 5.73. The molecule has 0 aliphatic carbocycles. The van der Waals surface area contributed by atoms with Crippen molar-refractivity contribution < 1.29 is 4.79 Å². The van der Waals surface area contributed by atoms with E-state index in [9.17, 15) is 4.79 Å². The molecule has 1 amide bonds. The number of benzene rings is 1. The fourth-order valence-corrected chi connectivity index (χ4v) is 3.75. The van der Waals surface area contributed by atoms with Crippen LogP contribution < -0.4 is 21.7 Å². The molecule has 3 aromatic rings. The molecule has 1 unspecified atom stereocenters. The molecule has 4 rings (SSSR count). The number of para-hydroxylation sites is 1. The topological polar surface area (TPSA) is 142 Å². The molecule has 1 fully saturated rings. The quantitative estimate of drug-likeness (QED) is 0.462. The first-order chi connectivity index (χ1) is 14.9. The number of nitrogens with one attached hydrogen (secondary N) is 3. The SMILES string of the molecule is C[C@H](Nc1ncc(C#N)c(N)n1)c1cc2cccc(Cl)c2nc1NCC1CCC(=O)N1. The molecule has 0 bridgehead atoms. The first-order valence-electron chi connectivity index (χ1n) is 9.86. The van der Waals surface area contributed by atoms with Crippen LogP contribution in [-0.2, 0) is 4.79 Å². The highest BCUT2D eigenvalue weighted by molar-refractivity contribution is 6.35. The molecule has 10 heteroatoms. The van der Waals surface area contributed by atoms with Gasteiger partial charge in [-0.25, -0.2) is 9.97 Å². The van der Waals surface area contributed by atoms with E-state index in [0.717, 1.165) is 17.4 Å². The van der Waals surface area contributed by atoms with Gasteiger partial charge >= 0.3 is 0 Å². The fourth-order valence-electron chi connectivity index (χ4n) is 3.52. The van der Waals surface area contributed by atoms with Gasteiger partial charge in [0.1, 0.15) is 23.3 Å². The van der Waals surface area contributed by atoms with Crippen LogP contribution in [0.5, 0.6) is 0 Å². The molecule has 1 aromatic carbocycles. The summed E-state index contributed by atoms with van der Waals surface area (Å²) < 4.78 is 0. The number of fused-ring (bicyclic) bond motifs is 1. The molecule has 158 valence electrons. The van der Waals surface area contributed by atoms with Gasteiger partial charge in [0.05, 0.1) is 22.8 Å². The van der Waals surface area contributed by atoms with E-state index in [1.165, 1.54) is 6.20 Å². The third-order valence-corrected chi connectivity index (χ3v) is 5.48. The van der Waals surface area contributed by atoms with Gasteiger partial charge in [-0.2, -0.15) is 10.2 Å². The van der Waals surface area contributed by atoms with Crippen LogP contribution in [0, 0.1) is 11.3 Å². The van der Waals surface area contributed by atoms with Gasteiger partial charge in [-0.15, -0.1) is 0 Å². The molecular weight excluding hydrogens is 416 g/mol. The average Bonchev–Trinajstić information content (AvgIpc) is 3.17. The van der Waals surface area contributed by atoms with Crippen molar-refractivity contribution in [3.8, 4) is 6.07 Å². The molecule has 1 aliphatic rings. The Balaban J connectivity index is 1.64. The number of nitrogens with two attached hydrogens (primary N) is 1. The van der Waals surface area contributed by atoms with E-state index < -0.39 is 0 Å². The minimum Gasteiger partial charge on any atom is -0.382 e. The summed E-state index contributed by atoms with van der Waals surface area (Å²) in [6, 6.07) is 9.39. The predicted octanol–water partition coefficient (Wildman–Crippen LogP) is 3.00. The second-order valence-electron chi connectivity index (χ2n) is 7.39. The van der Waals surface area contributed by atoms with Crippen molar-refractivity contribution in [3.05, 3.63) is 46.6 Å². The Morgan fingerprint density at radius 1 is 1.42 bits per heavy atom. The van der Waals surface area contributed by atoms with E-state index in [1.54, 1.807) is 6.07 Å². The Bertz CT molecular complexity index is 1190. The number of carbonyl (C=O) groups is 1. The number of nitrogen functional groups attached to an aromatic ring is 1. The number of pyridine rings is 1. The van der Waals surface area contributed by atoms with E-state index >= 15 is 0 Å². The van der Waals surface area contributed by atoms with Crippen molar-refractivity contribution in [1.29, 1.82) is 5.26 Å². The maximum absolute atomic E-state index is 11.5. The monoisotopic (exact) mass is 436 g/mol. The van der Waals surface area contributed by atoms with Gasteiger partial charge in [0.25, 0.3) is 0 Å². The Labute approximate surface area is 184 Å². The number of hydrogen-bond donors (Lipinski definition) is 4. The van der Waals surface area contributed by atoms with Crippen LogP contribution in [0.15, 0.2) is 30.5 Å². The van der Waals surface area contributed by atoms with Crippen LogP contribution in [0.1, 0.15) is 36.9 Å².